The summed E-state index contributed by atoms with van der Waals surface area (Å²) in [6, 6.07) is 0. The third-order valence-corrected chi connectivity index (χ3v) is 4.04. The molecule has 0 aromatic heterocycles. The largest absolute Gasteiger partial charge is 0.324 e. The van der Waals surface area contributed by atoms with Gasteiger partial charge in [-0.15, -0.1) is 0 Å². The molecule has 0 saturated carbocycles. The number of hydrogen-bond donors (Lipinski definition) is 0. The Bertz CT molecular complexity index is 102. The highest BCUT2D eigenvalue weighted by Crippen LogP contribution is 2.09. The van der Waals surface area contributed by atoms with Crippen molar-refractivity contribution in [2.75, 3.05) is 30.6 Å². The van der Waals surface area contributed by atoms with Crippen molar-refractivity contribution < 1.29 is 4.48 Å². The molecule has 0 N–H and O–H groups in total. The van der Waals surface area contributed by atoms with Crippen LogP contribution in [-0.2, 0) is 0 Å². The Labute approximate surface area is 97.6 Å². The Kier molecular flexibility index (Phi) is 8.46. The Hall–Kier alpha value is 0.690. The van der Waals surface area contributed by atoms with Crippen LogP contribution in [0.5, 0.6) is 0 Å². The van der Waals surface area contributed by atoms with Gasteiger partial charge in [0, 0.05) is 0 Å². The lowest BCUT2D eigenvalue weighted by molar-refractivity contribution is -0.923. The first-order valence-electron chi connectivity index (χ1n) is 5.65. The molecule has 80 valence electrons. The van der Waals surface area contributed by atoms with Gasteiger partial charge in [0.15, 0.2) is 0 Å². The summed E-state index contributed by atoms with van der Waals surface area (Å²) in [5.41, 5.74) is 0. The van der Waals surface area contributed by atoms with Crippen LogP contribution in [0.1, 0.15) is 40.0 Å². The summed E-state index contributed by atoms with van der Waals surface area (Å²) in [4.78, 5) is 0. The highest BCUT2D eigenvalue weighted by atomic mass is 127. The van der Waals surface area contributed by atoms with E-state index in [0.717, 1.165) is 0 Å². The minimum atomic E-state index is 1.30. The summed E-state index contributed by atoms with van der Waals surface area (Å²) < 4.78 is 2.64. The van der Waals surface area contributed by atoms with E-state index in [9.17, 15) is 0 Å². The van der Waals surface area contributed by atoms with Crippen LogP contribution in [0, 0.1) is 0 Å². The smallest absolute Gasteiger partial charge is 0.0786 e. The number of alkyl halides is 1. The van der Waals surface area contributed by atoms with Gasteiger partial charge >= 0.3 is 0 Å². The van der Waals surface area contributed by atoms with Gasteiger partial charge < -0.3 is 4.48 Å². The molecule has 0 fully saturated rings. The predicted octanol–water partition coefficient (Wildman–Crippen LogP) is 3.47. The van der Waals surface area contributed by atoms with Gasteiger partial charge in [0.25, 0.3) is 0 Å². The second kappa shape index (κ2) is 8.04. The average molecular weight is 298 g/mol. The van der Waals surface area contributed by atoms with E-state index in [4.69, 9.17) is 0 Å². The number of rotatable bonds is 8. The van der Waals surface area contributed by atoms with Gasteiger partial charge in [-0.25, -0.2) is 0 Å². The van der Waals surface area contributed by atoms with Gasteiger partial charge in [-0.05, 0) is 44.5 Å². The topological polar surface area (TPSA) is 0 Å². The van der Waals surface area contributed by atoms with Crippen molar-refractivity contribution in [3.63, 3.8) is 0 Å². The van der Waals surface area contributed by atoms with E-state index in [-0.39, 0.29) is 0 Å². The number of halogens is 1. The maximum atomic E-state index is 2.47. The van der Waals surface area contributed by atoms with E-state index in [1.165, 1.54) is 54.4 Å². The highest BCUT2D eigenvalue weighted by Gasteiger charge is 2.19. The zero-order valence-corrected chi connectivity index (χ0v) is 11.6. The maximum absolute atomic E-state index is 2.47. The molecule has 0 aliphatic rings. The van der Waals surface area contributed by atoms with Crippen molar-refractivity contribution >= 4 is 22.6 Å². The lowest BCUT2D eigenvalue weighted by atomic mass is 10.2. The van der Waals surface area contributed by atoms with E-state index in [1.54, 1.807) is 0 Å². The molecule has 0 aromatic carbocycles. The van der Waals surface area contributed by atoms with E-state index < -0.39 is 0 Å². The molecule has 0 heterocycles. The van der Waals surface area contributed by atoms with E-state index in [2.05, 4.69) is 43.4 Å². The molecule has 0 atom stereocenters. The molecular weight excluding hydrogens is 273 g/mol. The Morgan fingerprint density at radius 3 is 1.77 bits per heavy atom. The monoisotopic (exact) mass is 298 g/mol. The Balaban J connectivity index is 3.68. The van der Waals surface area contributed by atoms with E-state index in [1.807, 2.05) is 0 Å². The Morgan fingerprint density at radius 1 is 0.846 bits per heavy atom. The molecule has 0 aliphatic carbocycles. The maximum Gasteiger partial charge on any atom is 0.0786 e. The van der Waals surface area contributed by atoms with E-state index >= 15 is 0 Å². The molecule has 0 amide bonds. The lowest BCUT2D eigenvalue weighted by Gasteiger charge is -2.35. The average Bonchev–Trinajstić information content (AvgIpc) is 2.20. The number of unbranched alkanes of at least 4 members (excludes halogenated alkanes) is 2. The van der Waals surface area contributed by atoms with Crippen molar-refractivity contribution in [1.82, 2.24) is 0 Å². The van der Waals surface area contributed by atoms with Crippen molar-refractivity contribution in [3.05, 3.63) is 0 Å². The number of quaternary nitrogens is 1. The van der Waals surface area contributed by atoms with Gasteiger partial charge in [0.1, 0.15) is 0 Å². The predicted molar refractivity (Wildman–Crippen MR) is 69.5 cm³/mol. The highest BCUT2D eigenvalue weighted by molar-refractivity contribution is 14.1. The van der Waals surface area contributed by atoms with Crippen LogP contribution in [0.4, 0.5) is 0 Å². The fraction of sp³-hybridized carbons (Fsp3) is 1.00. The first-order chi connectivity index (χ1) is 6.24. The second-order valence-corrected chi connectivity index (χ2v) is 4.84. The molecule has 0 bridgehead atoms. The summed E-state index contributed by atoms with van der Waals surface area (Å²) in [5.74, 6) is 0. The Morgan fingerprint density at radius 2 is 1.38 bits per heavy atom. The normalized spacial score (nSPS) is 12.0. The fourth-order valence-electron chi connectivity index (χ4n) is 1.86. The van der Waals surface area contributed by atoms with Gasteiger partial charge in [-0.1, -0.05) is 22.6 Å². The molecule has 0 rings (SSSR count). The van der Waals surface area contributed by atoms with Crippen molar-refractivity contribution in [1.29, 1.82) is 0 Å². The van der Waals surface area contributed by atoms with Crippen LogP contribution in [0.15, 0.2) is 0 Å². The van der Waals surface area contributed by atoms with Crippen LogP contribution >= 0.6 is 22.6 Å². The first kappa shape index (κ1) is 13.7. The van der Waals surface area contributed by atoms with Crippen LogP contribution in [0.3, 0.4) is 0 Å². The molecule has 0 spiro atoms. The fourth-order valence-corrected chi connectivity index (χ4v) is 2.40. The van der Waals surface area contributed by atoms with Crippen LogP contribution in [-0.4, -0.2) is 35.1 Å². The molecule has 13 heavy (non-hydrogen) atoms. The number of nitrogens with zero attached hydrogens (tertiary/aromatic N) is 1. The third kappa shape index (κ3) is 5.21. The lowest BCUT2D eigenvalue weighted by Crippen LogP contribution is -2.48. The van der Waals surface area contributed by atoms with Crippen LogP contribution in [0.2, 0.25) is 0 Å². The van der Waals surface area contributed by atoms with Crippen molar-refractivity contribution in [2.24, 2.45) is 0 Å². The van der Waals surface area contributed by atoms with Crippen molar-refractivity contribution in [3.8, 4) is 0 Å². The van der Waals surface area contributed by atoms with E-state index in [0.29, 0.717) is 0 Å². The first-order valence-corrected chi connectivity index (χ1v) is 7.18. The summed E-state index contributed by atoms with van der Waals surface area (Å²) in [6.45, 7) is 12.3. The molecule has 0 aromatic rings. The third-order valence-electron chi connectivity index (χ3n) is 3.28. The quantitative estimate of drug-likeness (QED) is 0.279. The van der Waals surface area contributed by atoms with Crippen LogP contribution in [0.25, 0.3) is 0 Å². The zero-order valence-electron chi connectivity index (χ0n) is 9.48. The standard InChI is InChI=1S/C11H25IN/c1-4-13(5-2,6-3)11-9-7-8-10-12/h4-11H2,1-3H3/q+1. The molecule has 0 unspecified atom stereocenters. The van der Waals surface area contributed by atoms with Gasteiger partial charge in [-0.2, -0.15) is 0 Å². The second-order valence-electron chi connectivity index (χ2n) is 3.76. The molecule has 2 heteroatoms. The van der Waals surface area contributed by atoms with Gasteiger partial charge in [0.2, 0.25) is 0 Å². The summed E-state index contributed by atoms with van der Waals surface area (Å²) in [5, 5.41) is 0. The minimum absolute atomic E-state index is 1.30. The minimum Gasteiger partial charge on any atom is -0.324 e. The van der Waals surface area contributed by atoms with Gasteiger partial charge in [0.05, 0.1) is 26.2 Å². The zero-order chi connectivity index (χ0) is 10.2. The van der Waals surface area contributed by atoms with Crippen LogP contribution < -0.4 is 0 Å². The van der Waals surface area contributed by atoms with Crippen molar-refractivity contribution in [2.45, 2.75) is 40.0 Å². The summed E-state index contributed by atoms with van der Waals surface area (Å²) >= 11 is 2.47. The molecule has 0 saturated heterocycles. The molecule has 0 aliphatic heterocycles. The molecule has 1 nitrogen and oxygen atoms in total. The van der Waals surface area contributed by atoms with Gasteiger partial charge in [-0.3, -0.25) is 0 Å². The number of hydrogen-bond acceptors (Lipinski definition) is 0. The SMILES string of the molecule is CC[N+](CC)(CC)CCCCCI. The summed E-state index contributed by atoms with van der Waals surface area (Å²) in [7, 11) is 0. The summed E-state index contributed by atoms with van der Waals surface area (Å²) in [6.07, 6.45) is 4.24. The molecule has 0 radical (unpaired) electrons. The molecular formula is C11H25IN+.